The SMILES string of the molecule is CC(C)C[C@H](NC(=O)[C@H](Cc1ccc(OC(C)(C)C)cc1)NC(=O)[C@H](CCCCNC(=O)OC(C)(C)C)NC(=O)[C@@H](N)COC(C)(C)C)C(=O)O. The van der Waals surface area contributed by atoms with Crippen molar-refractivity contribution in [3.05, 3.63) is 29.8 Å². The summed E-state index contributed by atoms with van der Waals surface area (Å²) in [5, 5.41) is 20.5. The smallest absolute Gasteiger partial charge is 0.407 e. The quantitative estimate of drug-likeness (QED) is 0.114. The van der Waals surface area contributed by atoms with Crippen LogP contribution in [0.4, 0.5) is 4.79 Å². The van der Waals surface area contributed by atoms with Gasteiger partial charge in [0.15, 0.2) is 0 Å². The van der Waals surface area contributed by atoms with E-state index in [4.69, 9.17) is 19.9 Å². The van der Waals surface area contributed by atoms with E-state index in [9.17, 15) is 29.1 Å². The minimum Gasteiger partial charge on any atom is -0.488 e. The van der Waals surface area contributed by atoms with Crippen molar-refractivity contribution in [3.8, 4) is 5.75 Å². The van der Waals surface area contributed by atoms with E-state index in [2.05, 4.69) is 21.3 Å². The summed E-state index contributed by atoms with van der Waals surface area (Å²) >= 11 is 0. The van der Waals surface area contributed by atoms with E-state index in [1.165, 1.54) is 0 Å². The van der Waals surface area contributed by atoms with Gasteiger partial charge in [-0.2, -0.15) is 0 Å². The van der Waals surface area contributed by atoms with Gasteiger partial charge in [-0.05, 0) is 112 Å². The average molecular weight is 722 g/mol. The van der Waals surface area contributed by atoms with E-state index in [0.29, 0.717) is 24.2 Å². The van der Waals surface area contributed by atoms with Crippen LogP contribution in [0.5, 0.6) is 5.75 Å². The summed E-state index contributed by atoms with van der Waals surface area (Å²) in [5.41, 5.74) is 5.16. The molecule has 14 heteroatoms. The number of carboxylic acids is 1. The van der Waals surface area contributed by atoms with Crippen LogP contribution in [-0.2, 0) is 35.1 Å². The van der Waals surface area contributed by atoms with E-state index in [1.54, 1.807) is 45.0 Å². The van der Waals surface area contributed by atoms with Crippen LogP contribution >= 0.6 is 0 Å². The van der Waals surface area contributed by atoms with Gasteiger partial charge in [-0.1, -0.05) is 26.0 Å². The van der Waals surface area contributed by atoms with Crippen molar-refractivity contribution in [3.63, 3.8) is 0 Å². The van der Waals surface area contributed by atoms with Gasteiger partial charge in [0.2, 0.25) is 17.7 Å². The summed E-state index contributed by atoms with van der Waals surface area (Å²) in [6.07, 6.45) is 0.660. The first kappa shape index (κ1) is 45.1. The van der Waals surface area contributed by atoms with E-state index >= 15 is 0 Å². The molecule has 0 bridgehead atoms. The van der Waals surface area contributed by atoms with Crippen LogP contribution in [0.2, 0.25) is 0 Å². The average Bonchev–Trinajstić information content (AvgIpc) is 2.96. The molecule has 0 radical (unpaired) electrons. The maximum atomic E-state index is 13.9. The van der Waals surface area contributed by atoms with E-state index in [1.807, 2.05) is 55.4 Å². The molecule has 1 aromatic carbocycles. The monoisotopic (exact) mass is 721 g/mol. The summed E-state index contributed by atoms with van der Waals surface area (Å²) < 4.78 is 16.8. The molecule has 0 aromatic heterocycles. The number of carbonyl (C=O) groups is 5. The van der Waals surface area contributed by atoms with E-state index in [-0.39, 0.29) is 38.3 Å². The molecular weight excluding hydrogens is 658 g/mol. The Labute approximate surface area is 303 Å². The Morgan fingerprint density at radius 3 is 1.80 bits per heavy atom. The molecule has 0 unspecified atom stereocenters. The number of ether oxygens (including phenoxy) is 3. The third-order valence-corrected chi connectivity index (χ3v) is 7.00. The number of aliphatic carboxylic acids is 1. The predicted octanol–water partition coefficient (Wildman–Crippen LogP) is 3.83. The molecule has 0 aliphatic rings. The Bertz CT molecular complexity index is 1280. The lowest BCUT2D eigenvalue weighted by Gasteiger charge is -2.27. The number of unbranched alkanes of at least 4 members (excludes halogenated alkanes) is 1. The van der Waals surface area contributed by atoms with E-state index in [0.717, 1.165) is 0 Å². The van der Waals surface area contributed by atoms with Crippen LogP contribution in [0.25, 0.3) is 0 Å². The molecule has 4 atom stereocenters. The minimum atomic E-state index is -1.19. The number of carboxylic acid groups (broad SMARTS) is 1. The van der Waals surface area contributed by atoms with Gasteiger partial charge in [-0.3, -0.25) is 14.4 Å². The summed E-state index contributed by atoms with van der Waals surface area (Å²) in [6, 6.07) is 2.50. The molecule has 0 fully saturated rings. The highest BCUT2D eigenvalue weighted by Gasteiger charge is 2.31. The number of nitrogens with one attached hydrogen (secondary N) is 4. The fourth-order valence-electron chi connectivity index (χ4n) is 4.67. The van der Waals surface area contributed by atoms with Crippen LogP contribution < -0.4 is 31.7 Å². The first-order chi connectivity index (χ1) is 23.3. The van der Waals surface area contributed by atoms with Gasteiger partial charge in [0.25, 0.3) is 0 Å². The third-order valence-electron chi connectivity index (χ3n) is 7.00. The molecule has 0 saturated carbocycles. The molecular formula is C37H63N5O9. The highest BCUT2D eigenvalue weighted by Crippen LogP contribution is 2.19. The molecule has 51 heavy (non-hydrogen) atoms. The largest absolute Gasteiger partial charge is 0.488 e. The van der Waals surface area contributed by atoms with Crippen molar-refractivity contribution >= 4 is 29.8 Å². The highest BCUT2D eigenvalue weighted by molar-refractivity contribution is 5.94. The maximum absolute atomic E-state index is 13.9. The van der Waals surface area contributed by atoms with Crippen molar-refractivity contribution in [2.24, 2.45) is 11.7 Å². The van der Waals surface area contributed by atoms with Crippen LogP contribution in [-0.4, -0.2) is 89.0 Å². The highest BCUT2D eigenvalue weighted by atomic mass is 16.6. The van der Waals surface area contributed by atoms with Gasteiger partial charge in [0.1, 0.15) is 41.1 Å². The lowest BCUT2D eigenvalue weighted by Crippen LogP contribution is -2.58. The number of nitrogens with two attached hydrogens (primary N) is 1. The Kier molecular flexibility index (Phi) is 17.9. The Hall–Kier alpha value is -3.91. The van der Waals surface area contributed by atoms with Gasteiger partial charge >= 0.3 is 12.1 Å². The predicted molar refractivity (Wildman–Crippen MR) is 195 cm³/mol. The summed E-state index contributed by atoms with van der Waals surface area (Å²) in [5.74, 6) is -2.56. The number of rotatable bonds is 19. The number of alkyl carbamates (subject to hydrolysis) is 1. The van der Waals surface area contributed by atoms with Gasteiger partial charge in [0, 0.05) is 13.0 Å². The molecule has 1 aromatic rings. The molecule has 0 spiro atoms. The zero-order valence-corrected chi connectivity index (χ0v) is 32.4. The number of carbonyl (C=O) groups excluding carboxylic acids is 4. The summed E-state index contributed by atoms with van der Waals surface area (Å²) in [7, 11) is 0. The van der Waals surface area contributed by atoms with E-state index < -0.39 is 70.8 Å². The molecule has 7 N–H and O–H groups in total. The number of benzene rings is 1. The van der Waals surface area contributed by atoms with Gasteiger partial charge in [0.05, 0.1) is 12.2 Å². The van der Waals surface area contributed by atoms with Crippen LogP contribution in [0, 0.1) is 5.92 Å². The van der Waals surface area contributed by atoms with Crippen molar-refractivity contribution in [1.29, 1.82) is 0 Å². The lowest BCUT2D eigenvalue weighted by atomic mass is 10.0. The van der Waals surface area contributed by atoms with Crippen LogP contribution in [0.3, 0.4) is 0 Å². The molecule has 1 rings (SSSR count). The fourth-order valence-corrected chi connectivity index (χ4v) is 4.67. The van der Waals surface area contributed by atoms with Crippen LogP contribution in [0.15, 0.2) is 24.3 Å². The third kappa shape index (κ3) is 20.5. The zero-order valence-electron chi connectivity index (χ0n) is 32.4. The Morgan fingerprint density at radius 1 is 0.745 bits per heavy atom. The zero-order chi connectivity index (χ0) is 39.2. The summed E-state index contributed by atoms with van der Waals surface area (Å²) in [4.78, 5) is 64.7. The second kappa shape index (κ2) is 20.2. The summed E-state index contributed by atoms with van der Waals surface area (Å²) in [6.45, 7) is 20.4. The number of amides is 4. The second-order valence-corrected chi connectivity index (χ2v) is 16.2. The van der Waals surface area contributed by atoms with Crippen molar-refractivity contribution in [2.45, 2.75) is 149 Å². The normalized spacial score (nSPS) is 14.5. The fraction of sp³-hybridized carbons (Fsp3) is 0.703. The van der Waals surface area contributed by atoms with Gasteiger partial charge in [-0.25, -0.2) is 9.59 Å². The molecule has 4 amide bonds. The Morgan fingerprint density at radius 2 is 1.29 bits per heavy atom. The molecule has 0 heterocycles. The standard InChI is InChI=1S/C37H63N5O9/c1-23(2)20-29(33(46)47)42-32(45)28(21-24-15-17-25(18-16-24)50-36(6,7)8)41-31(44)27(40-30(43)26(38)22-49-35(3,4)5)14-12-13-19-39-34(48)51-37(9,10)11/h15-18,23,26-29H,12-14,19-22,38H2,1-11H3,(H,39,48)(H,40,43)(H,41,44)(H,42,45)(H,46,47)/t26-,27-,28-,29-/m0/s1. The first-order valence-electron chi connectivity index (χ1n) is 17.6. The number of hydrogen-bond donors (Lipinski definition) is 6. The molecule has 290 valence electrons. The van der Waals surface area contributed by atoms with Gasteiger partial charge < -0.3 is 46.3 Å². The molecule has 0 saturated heterocycles. The van der Waals surface area contributed by atoms with Crippen molar-refractivity contribution < 1.29 is 43.3 Å². The molecule has 14 nitrogen and oxygen atoms in total. The lowest BCUT2D eigenvalue weighted by molar-refractivity contribution is -0.142. The molecule has 0 aliphatic heterocycles. The van der Waals surface area contributed by atoms with Crippen molar-refractivity contribution in [1.82, 2.24) is 21.3 Å². The number of hydrogen-bond acceptors (Lipinski definition) is 9. The Balaban J connectivity index is 3.26. The minimum absolute atomic E-state index is 0.0225. The van der Waals surface area contributed by atoms with Crippen molar-refractivity contribution in [2.75, 3.05) is 13.2 Å². The topological polar surface area (TPSA) is 207 Å². The maximum Gasteiger partial charge on any atom is 0.407 e. The molecule has 0 aliphatic carbocycles. The van der Waals surface area contributed by atoms with Gasteiger partial charge in [-0.15, -0.1) is 0 Å². The second-order valence-electron chi connectivity index (χ2n) is 16.2. The van der Waals surface area contributed by atoms with Crippen LogP contribution in [0.1, 0.15) is 107 Å². The first-order valence-corrected chi connectivity index (χ1v) is 17.6.